The standard InChI is InChI=1S/C17H23N5O2/c18-12-17(6-2-1-3-7-17)10-14(23)20-11-15-21-16(22-24-15)13-4-8-19-9-5-13/h4-5,8-9H,1-3,6-7,10-12,18H2,(H,20,23). The van der Waals surface area contributed by atoms with E-state index in [9.17, 15) is 4.79 Å². The Labute approximate surface area is 141 Å². The Balaban J connectivity index is 1.54. The summed E-state index contributed by atoms with van der Waals surface area (Å²) in [5.41, 5.74) is 6.72. The SMILES string of the molecule is NCC1(CC(=O)NCc2nc(-c3ccncc3)no2)CCCCC1. The molecule has 2 aromatic heterocycles. The Hall–Kier alpha value is -2.28. The molecule has 3 N–H and O–H groups in total. The van der Waals surface area contributed by atoms with Gasteiger partial charge in [-0.3, -0.25) is 9.78 Å². The van der Waals surface area contributed by atoms with Crippen LogP contribution >= 0.6 is 0 Å². The van der Waals surface area contributed by atoms with Gasteiger partial charge >= 0.3 is 0 Å². The van der Waals surface area contributed by atoms with E-state index >= 15 is 0 Å². The van der Waals surface area contributed by atoms with Crippen LogP contribution < -0.4 is 11.1 Å². The van der Waals surface area contributed by atoms with Crippen LogP contribution in [0.1, 0.15) is 44.4 Å². The third-order valence-electron chi connectivity index (χ3n) is 4.73. The van der Waals surface area contributed by atoms with Crippen molar-refractivity contribution in [2.75, 3.05) is 6.54 Å². The molecule has 7 nitrogen and oxygen atoms in total. The quantitative estimate of drug-likeness (QED) is 0.840. The number of hydrogen-bond donors (Lipinski definition) is 2. The van der Waals surface area contributed by atoms with Gasteiger partial charge in [-0.1, -0.05) is 24.4 Å². The van der Waals surface area contributed by atoms with Gasteiger partial charge in [-0.05, 0) is 36.9 Å². The number of rotatable bonds is 6. The van der Waals surface area contributed by atoms with Crippen molar-refractivity contribution in [3.8, 4) is 11.4 Å². The maximum absolute atomic E-state index is 12.3. The molecular formula is C17H23N5O2. The Kier molecular flexibility index (Phi) is 5.20. The highest BCUT2D eigenvalue weighted by atomic mass is 16.5. The maximum Gasteiger partial charge on any atom is 0.246 e. The molecule has 1 amide bonds. The molecule has 2 aromatic rings. The lowest BCUT2D eigenvalue weighted by Gasteiger charge is -2.35. The number of aromatic nitrogens is 3. The highest BCUT2D eigenvalue weighted by Gasteiger charge is 2.32. The van der Waals surface area contributed by atoms with E-state index in [2.05, 4.69) is 20.4 Å². The maximum atomic E-state index is 12.3. The predicted molar refractivity (Wildman–Crippen MR) is 88.6 cm³/mol. The zero-order valence-corrected chi connectivity index (χ0v) is 13.7. The van der Waals surface area contributed by atoms with E-state index in [0.717, 1.165) is 31.2 Å². The molecule has 3 rings (SSSR count). The van der Waals surface area contributed by atoms with Crippen LogP contribution in [0.5, 0.6) is 0 Å². The van der Waals surface area contributed by atoms with Crippen molar-refractivity contribution in [1.29, 1.82) is 0 Å². The van der Waals surface area contributed by atoms with Gasteiger partial charge in [0.1, 0.15) is 0 Å². The van der Waals surface area contributed by atoms with Gasteiger partial charge in [-0.2, -0.15) is 4.98 Å². The predicted octanol–water partition coefficient (Wildman–Crippen LogP) is 2.05. The fraction of sp³-hybridized carbons (Fsp3) is 0.529. The van der Waals surface area contributed by atoms with Crippen molar-refractivity contribution in [1.82, 2.24) is 20.4 Å². The molecule has 2 heterocycles. The molecule has 0 atom stereocenters. The first-order chi connectivity index (χ1) is 11.7. The Morgan fingerprint density at radius 3 is 2.71 bits per heavy atom. The minimum absolute atomic E-state index is 0.00832. The number of nitrogens with one attached hydrogen (secondary N) is 1. The first-order valence-electron chi connectivity index (χ1n) is 8.41. The van der Waals surface area contributed by atoms with E-state index in [1.165, 1.54) is 6.42 Å². The first-order valence-corrected chi connectivity index (χ1v) is 8.41. The second-order valence-corrected chi connectivity index (χ2v) is 6.47. The summed E-state index contributed by atoms with van der Waals surface area (Å²) in [5.74, 6) is 0.874. The summed E-state index contributed by atoms with van der Waals surface area (Å²) in [7, 11) is 0. The molecule has 7 heteroatoms. The van der Waals surface area contributed by atoms with Crippen molar-refractivity contribution in [3.63, 3.8) is 0 Å². The van der Waals surface area contributed by atoms with Crippen molar-refractivity contribution in [2.45, 2.75) is 45.1 Å². The van der Waals surface area contributed by atoms with E-state index in [1.807, 2.05) is 0 Å². The van der Waals surface area contributed by atoms with Crippen LogP contribution in [0.4, 0.5) is 0 Å². The number of nitrogens with two attached hydrogens (primary N) is 1. The topological polar surface area (TPSA) is 107 Å². The average Bonchev–Trinajstić information content (AvgIpc) is 3.11. The van der Waals surface area contributed by atoms with Crippen molar-refractivity contribution < 1.29 is 9.32 Å². The van der Waals surface area contributed by atoms with Crippen LogP contribution in [0, 0.1) is 5.41 Å². The number of carbonyl (C=O) groups is 1. The summed E-state index contributed by atoms with van der Waals surface area (Å²) in [6.45, 7) is 0.796. The molecule has 0 bridgehead atoms. The van der Waals surface area contributed by atoms with Gasteiger partial charge in [0.2, 0.25) is 17.6 Å². The second-order valence-electron chi connectivity index (χ2n) is 6.47. The third-order valence-corrected chi connectivity index (χ3v) is 4.73. The van der Waals surface area contributed by atoms with Gasteiger partial charge in [-0.15, -0.1) is 0 Å². The molecule has 24 heavy (non-hydrogen) atoms. The van der Waals surface area contributed by atoms with E-state index < -0.39 is 0 Å². The van der Waals surface area contributed by atoms with Crippen molar-refractivity contribution >= 4 is 5.91 Å². The highest BCUT2D eigenvalue weighted by molar-refractivity contribution is 5.76. The normalized spacial score (nSPS) is 16.7. The van der Waals surface area contributed by atoms with Gasteiger partial charge in [-0.25, -0.2) is 0 Å². The summed E-state index contributed by atoms with van der Waals surface area (Å²) in [4.78, 5) is 20.5. The lowest BCUT2D eigenvalue weighted by Crippen LogP contribution is -2.38. The molecule has 0 aromatic carbocycles. The number of nitrogens with zero attached hydrogens (tertiary/aromatic N) is 3. The molecule has 0 radical (unpaired) electrons. The summed E-state index contributed by atoms with van der Waals surface area (Å²) >= 11 is 0. The Morgan fingerprint density at radius 1 is 1.25 bits per heavy atom. The van der Waals surface area contributed by atoms with Gasteiger partial charge in [0, 0.05) is 24.4 Å². The van der Waals surface area contributed by atoms with Crippen LogP contribution in [-0.4, -0.2) is 27.6 Å². The highest BCUT2D eigenvalue weighted by Crippen LogP contribution is 2.38. The average molecular weight is 329 g/mol. The fourth-order valence-electron chi connectivity index (χ4n) is 3.28. The zero-order chi connectivity index (χ0) is 16.8. The van der Waals surface area contributed by atoms with Crippen LogP contribution in [0.2, 0.25) is 0 Å². The Bertz CT molecular complexity index is 665. The minimum Gasteiger partial charge on any atom is -0.347 e. The van der Waals surface area contributed by atoms with Gasteiger partial charge in [0.15, 0.2) is 0 Å². The van der Waals surface area contributed by atoms with Crippen LogP contribution in [0.3, 0.4) is 0 Å². The zero-order valence-electron chi connectivity index (χ0n) is 13.7. The van der Waals surface area contributed by atoms with Crippen LogP contribution in [0.15, 0.2) is 29.0 Å². The van der Waals surface area contributed by atoms with Crippen molar-refractivity contribution in [2.24, 2.45) is 11.1 Å². The van der Waals surface area contributed by atoms with Crippen LogP contribution in [-0.2, 0) is 11.3 Å². The van der Waals surface area contributed by atoms with E-state index in [4.69, 9.17) is 10.3 Å². The largest absolute Gasteiger partial charge is 0.347 e. The number of pyridine rings is 1. The van der Waals surface area contributed by atoms with Crippen molar-refractivity contribution in [3.05, 3.63) is 30.4 Å². The summed E-state index contributed by atoms with van der Waals surface area (Å²) < 4.78 is 5.19. The first kappa shape index (κ1) is 16.6. The number of amides is 1. The van der Waals surface area contributed by atoms with Crippen LogP contribution in [0.25, 0.3) is 11.4 Å². The van der Waals surface area contributed by atoms with Gasteiger partial charge < -0.3 is 15.6 Å². The molecule has 0 spiro atoms. The molecule has 1 aliphatic rings. The second kappa shape index (κ2) is 7.53. The summed E-state index contributed by atoms with van der Waals surface area (Å²) in [5, 5.41) is 6.79. The summed E-state index contributed by atoms with van der Waals surface area (Å²) in [6.07, 6.45) is 9.42. The van der Waals surface area contributed by atoms with Gasteiger partial charge in [0.25, 0.3) is 0 Å². The van der Waals surface area contributed by atoms with Gasteiger partial charge in [0.05, 0.1) is 6.54 Å². The molecule has 1 aliphatic carbocycles. The minimum atomic E-state index is -0.0423. The lowest BCUT2D eigenvalue weighted by molar-refractivity contribution is -0.124. The molecule has 1 saturated carbocycles. The molecule has 1 fully saturated rings. The molecule has 0 unspecified atom stereocenters. The van der Waals surface area contributed by atoms with E-state index in [-0.39, 0.29) is 17.9 Å². The molecule has 128 valence electrons. The van der Waals surface area contributed by atoms with E-state index in [0.29, 0.717) is 24.7 Å². The molecule has 0 aliphatic heterocycles. The fourth-order valence-corrected chi connectivity index (χ4v) is 3.28. The third kappa shape index (κ3) is 3.97. The van der Waals surface area contributed by atoms with E-state index in [1.54, 1.807) is 24.5 Å². The molecule has 0 saturated heterocycles. The number of hydrogen-bond acceptors (Lipinski definition) is 6. The smallest absolute Gasteiger partial charge is 0.246 e. The Morgan fingerprint density at radius 2 is 2.00 bits per heavy atom. The number of carbonyl (C=O) groups excluding carboxylic acids is 1. The monoisotopic (exact) mass is 329 g/mol. The lowest BCUT2D eigenvalue weighted by atomic mass is 9.71. The summed E-state index contributed by atoms with van der Waals surface area (Å²) in [6, 6.07) is 3.61. The molecular weight excluding hydrogens is 306 g/mol.